The smallest absolute Gasteiger partial charge is 0.338 e. The fraction of sp³-hybridized carbons (Fsp3) is 0.308. The number of nitrogens with zero attached hydrogens (tertiary/aromatic N) is 1. The fourth-order valence-electron chi connectivity index (χ4n) is 5.98. The van der Waals surface area contributed by atoms with Gasteiger partial charge in [-0.05, 0) is 143 Å². The molecule has 8 amide bonds. The van der Waals surface area contributed by atoms with E-state index in [0.717, 1.165) is 4.90 Å². The number of halogens is 9. The molecule has 13 N–H and O–H groups in total. The van der Waals surface area contributed by atoms with Gasteiger partial charge in [0.05, 0.1) is 123 Å². The van der Waals surface area contributed by atoms with E-state index in [9.17, 15) is 68.7 Å². The number of anilines is 3. The number of aliphatic hydroxyl groups is 4. The maximum Gasteiger partial charge on any atom is 0.338 e. The molecular formula is C39H38Br9N9O14. The zero-order valence-corrected chi connectivity index (χ0v) is 50.3. The van der Waals surface area contributed by atoms with E-state index in [1.54, 1.807) is 0 Å². The van der Waals surface area contributed by atoms with E-state index in [1.807, 2.05) is 0 Å². The molecule has 0 spiro atoms. The monoisotopic (exact) mass is 1570 g/mol. The lowest BCUT2D eigenvalue weighted by Crippen LogP contribution is -2.43. The molecular weight excluding hydrogens is 1540 g/mol. The SMILES string of the molecule is CNC(=O)c1c(Br)c(NC(=O)CN(CC(=O)Nc2c(Br)c(C(=O)NCCO)c(Br)c(C(=O)NCCO)c2Br)CC(=O)Nc2c(Br)c(C(=O)NCCO)c(Br)c(C(=O)NCCO)c2Br)c(Br)c(C(=O)O)c1Br. The molecule has 32 heteroatoms. The average Bonchev–Trinajstić information content (AvgIpc) is 3.29. The van der Waals surface area contributed by atoms with Crippen LogP contribution in [-0.2, 0) is 14.4 Å². The highest BCUT2D eigenvalue weighted by Crippen LogP contribution is 2.45. The van der Waals surface area contributed by atoms with Gasteiger partial charge in [0.15, 0.2) is 0 Å². The Hall–Kier alpha value is -2.99. The number of rotatable bonds is 23. The zero-order valence-electron chi connectivity index (χ0n) is 36.0. The minimum absolute atomic E-state index is 0.0701. The first kappa shape index (κ1) is 62.3. The topological polar surface area (TPSA) is 354 Å². The Kier molecular flexibility index (Phi) is 25.6. The lowest BCUT2D eigenvalue weighted by atomic mass is 10.1. The van der Waals surface area contributed by atoms with Gasteiger partial charge in [0.2, 0.25) is 17.7 Å². The molecule has 0 radical (unpaired) electrons. The van der Waals surface area contributed by atoms with E-state index in [0.29, 0.717) is 0 Å². The van der Waals surface area contributed by atoms with Crippen molar-refractivity contribution in [1.29, 1.82) is 0 Å². The number of hydrogen-bond donors (Lipinski definition) is 13. The second-order valence-electron chi connectivity index (χ2n) is 13.8. The largest absolute Gasteiger partial charge is 0.478 e. The van der Waals surface area contributed by atoms with Crippen LogP contribution in [0.4, 0.5) is 17.1 Å². The number of nitrogens with one attached hydrogen (secondary N) is 8. The number of carboxylic acid groups (broad SMARTS) is 1. The molecule has 0 heterocycles. The average molecular weight is 1580 g/mol. The number of carbonyl (C=O) groups excluding carboxylic acids is 8. The number of benzene rings is 3. The van der Waals surface area contributed by atoms with Crippen molar-refractivity contribution < 1.29 is 68.7 Å². The summed E-state index contributed by atoms with van der Waals surface area (Å²) in [4.78, 5) is 122. The standard InChI is InChI=1S/C39H38Br9N9O14/c1-49-34(65)16-24(42)21(39(70)71)30(48)33(25(16)43)56-15(64)12-57(10-13(62)54-31-26(44)17(35(66)50-2-6-58)22(40)18(27(31)45)36(67)51-3-7-59)11-14(63)55-32-28(46)19(37(68)52-4-8-60)23(41)20(29(32)47)38(69)53-5-9-61/h58-61H,2-12H2,1H3,(H,49,65)(H,50,66)(H,51,67)(H,52,68)(H,53,69)(H,54,62)(H,55,63)(H,56,64)(H,70,71). The normalized spacial score (nSPS) is 10.9. The molecule has 0 aromatic heterocycles. The summed E-state index contributed by atoms with van der Waals surface area (Å²) >= 11 is 29.3. The summed E-state index contributed by atoms with van der Waals surface area (Å²) in [6, 6.07) is 0. The zero-order chi connectivity index (χ0) is 53.6. The lowest BCUT2D eigenvalue weighted by Gasteiger charge is -2.24. The molecule has 0 saturated carbocycles. The van der Waals surface area contributed by atoms with Crippen molar-refractivity contribution in [3.63, 3.8) is 0 Å². The minimum Gasteiger partial charge on any atom is -0.478 e. The summed E-state index contributed by atoms with van der Waals surface area (Å²) < 4.78 is -0.928. The first-order chi connectivity index (χ1) is 33.4. The summed E-state index contributed by atoms with van der Waals surface area (Å²) in [5.74, 6) is -8.44. The number of amides is 8. The van der Waals surface area contributed by atoms with Gasteiger partial charge in [-0.15, -0.1) is 0 Å². The van der Waals surface area contributed by atoms with Crippen molar-refractivity contribution in [2.45, 2.75) is 0 Å². The van der Waals surface area contributed by atoms with Crippen molar-refractivity contribution in [2.75, 3.05) is 95.2 Å². The minimum atomic E-state index is -1.51. The summed E-state index contributed by atoms with van der Waals surface area (Å²) in [6.07, 6.45) is 0. The van der Waals surface area contributed by atoms with Crippen molar-refractivity contribution >= 4 is 214 Å². The molecule has 0 bridgehead atoms. The van der Waals surface area contributed by atoms with Crippen LogP contribution >= 0.6 is 143 Å². The highest BCUT2D eigenvalue weighted by atomic mass is 79.9. The van der Waals surface area contributed by atoms with E-state index in [2.05, 4.69) is 186 Å². The van der Waals surface area contributed by atoms with Crippen molar-refractivity contribution in [2.24, 2.45) is 0 Å². The summed E-state index contributed by atoms with van der Waals surface area (Å²) in [5.41, 5.74) is -2.22. The van der Waals surface area contributed by atoms with Crippen LogP contribution in [-0.4, -0.2) is 163 Å². The molecule has 23 nitrogen and oxygen atoms in total. The number of carbonyl (C=O) groups is 9. The maximum atomic E-state index is 14.2. The van der Waals surface area contributed by atoms with Crippen LogP contribution in [0.25, 0.3) is 0 Å². The molecule has 0 aliphatic rings. The number of aromatic carboxylic acids is 1. The van der Waals surface area contributed by atoms with Crippen molar-refractivity contribution in [3.8, 4) is 0 Å². The lowest BCUT2D eigenvalue weighted by molar-refractivity contribution is -0.122. The number of carboxylic acids is 1. The molecule has 386 valence electrons. The fourth-order valence-corrected chi connectivity index (χ4v) is 14.7. The molecule has 0 unspecified atom stereocenters. The molecule has 0 aliphatic carbocycles. The highest BCUT2D eigenvalue weighted by Gasteiger charge is 2.33. The summed E-state index contributed by atoms with van der Waals surface area (Å²) in [6.45, 7) is -5.16. The van der Waals surface area contributed by atoms with Gasteiger partial charge in [0.25, 0.3) is 29.5 Å². The molecule has 0 fully saturated rings. The Morgan fingerprint density at radius 3 is 0.831 bits per heavy atom. The molecule has 71 heavy (non-hydrogen) atoms. The Balaban J connectivity index is 2.23. The predicted octanol–water partition coefficient (Wildman–Crippen LogP) is 4.01. The molecule has 0 atom stereocenters. The van der Waals surface area contributed by atoms with E-state index in [4.69, 9.17) is 0 Å². The third kappa shape index (κ3) is 15.5. The second-order valence-corrected chi connectivity index (χ2v) is 20.9. The van der Waals surface area contributed by atoms with Gasteiger partial charge in [-0.3, -0.25) is 43.3 Å². The van der Waals surface area contributed by atoms with Crippen LogP contribution in [0.3, 0.4) is 0 Å². The van der Waals surface area contributed by atoms with Gasteiger partial charge >= 0.3 is 5.97 Å². The molecule has 3 rings (SSSR count). The second kappa shape index (κ2) is 29.2. The third-order valence-corrected chi connectivity index (χ3v) is 16.1. The van der Waals surface area contributed by atoms with Crippen LogP contribution < -0.4 is 42.5 Å². The van der Waals surface area contributed by atoms with Crippen LogP contribution in [0, 0.1) is 0 Å². The van der Waals surface area contributed by atoms with E-state index in [1.165, 1.54) is 7.05 Å². The Morgan fingerprint density at radius 1 is 0.380 bits per heavy atom. The Morgan fingerprint density at radius 2 is 0.606 bits per heavy atom. The van der Waals surface area contributed by atoms with Gasteiger partial charge in [0.1, 0.15) is 0 Å². The Bertz CT molecular complexity index is 2450. The molecule has 0 saturated heterocycles. The molecule has 3 aromatic rings. The quantitative estimate of drug-likeness (QED) is 0.0638. The summed E-state index contributed by atoms with van der Waals surface area (Å²) in [7, 11) is 1.28. The van der Waals surface area contributed by atoms with Crippen LogP contribution in [0.15, 0.2) is 40.3 Å². The van der Waals surface area contributed by atoms with Gasteiger partial charge in [-0.2, -0.15) is 0 Å². The van der Waals surface area contributed by atoms with Gasteiger partial charge in [0, 0.05) is 46.6 Å². The van der Waals surface area contributed by atoms with Crippen molar-refractivity contribution in [1.82, 2.24) is 31.5 Å². The Labute approximate surface area is 478 Å². The maximum absolute atomic E-state index is 14.2. The van der Waals surface area contributed by atoms with E-state index in [-0.39, 0.29) is 111 Å². The van der Waals surface area contributed by atoms with Crippen LogP contribution in [0.1, 0.15) is 62.1 Å². The predicted molar refractivity (Wildman–Crippen MR) is 289 cm³/mol. The first-order valence-corrected chi connectivity index (χ1v) is 26.8. The third-order valence-electron chi connectivity index (χ3n) is 9.01. The van der Waals surface area contributed by atoms with Gasteiger partial charge in [-0.1, -0.05) is 0 Å². The number of hydrogen-bond acceptors (Lipinski definition) is 14. The van der Waals surface area contributed by atoms with E-state index < -0.39 is 105 Å². The van der Waals surface area contributed by atoms with Crippen LogP contribution in [0.5, 0.6) is 0 Å². The van der Waals surface area contributed by atoms with E-state index >= 15 is 0 Å². The molecule has 3 aromatic carbocycles. The van der Waals surface area contributed by atoms with Crippen molar-refractivity contribution in [3.05, 3.63) is 73.6 Å². The summed E-state index contributed by atoms with van der Waals surface area (Å²) in [5, 5.41) is 67.3. The number of aliphatic hydroxyl groups excluding tert-OH is 4. The van der Waals surface area contributed by atoms with Crippen LogP contribution in [0.2, 0.25) is 0 Å². The van der Waals surface area contributed by atoms with Gasteiger partial charge in [-0.25, -0.2) is 4.79 Å². The van der Waals surface area contributed by atoms with Gasteiger partial charge < -0.3 is 68.1 Å². The molecule has 0 aliphatic heterocycles. The highest BCUT2D eigenvalue weighted by molar-refractivity contribution is 9.12. The first-order valence-electron chi connectivity index (χ1n) is 19.7.